The molecule has 0 aliphatic heterocycles. The Morgan fingerprint density at radius 3 is 2.48 bits per heavy atom. The maximum absolute atomic E-state index is 12.4. The number of urea groups is 1. The SMILES string of the molecule is CO[C@@H](CNC(=O)NC12CC3CC(CC(C3)C1)C2)c1ccsc1. The largest absolute Gasteiger partial charge is 0.375 e. The van der Waals surface area contributed by atoms with Gasteiger partial charge in [-0.25, -0.2) is 4.79 Å². The highest BCUT2D eigenvalue weighted by molar-refractivity contribution is 7.07. The Bertz CT molecular complexity index is 522. The van der Waals surface area contributed by atoms with Gasteiger partial charge in [0.15, 0.2) is 0 Å². The van der Waals surface area contributed by atoms with Gasteiger partial charge in [-0.2, -0.15) is 11.3 Å². The lowest BCUT2D eigenvalue weighted by Gasteiger charge is -2.56. The molecule has 4 saturated carbocycles. The highest BCUT2D eigenvalue weighted by Crippen LogP contribution is 2.55. The van der Waals surface area contributed by atoms with Crippen LogP contribution in [0.15, 0.2) is 16.8 Å². The molecule has 0 unspecified atom stereocenters. The Morgan fingerprint density at radius 2 is 1.96 bits per heavy atom. The lowest BCUT2D eigenvalue weighted by atomic mass is 9.53. The van der Waals surface area contributed by atoms with Crippen LogP contribution in [0.3, 0.4) is 0 Å². The summed E-state index contributed by atoms with van der Waals surface area (Å²) in [4.78, 5) is 12.4. The van der Waals surface area contributed by atoms with Crippen LogP contribution in [0.1, 0.15) is 50.2 Å². The van der Waals surface area contributed by atoms with Gasteiger partial charge in [0.05, 0.1) is 0 Å². The molecular formula is C18H26N2O2S. The Labute approximate surface area is 142 Å². The number of methoxy groups -OCH3 is 1. The van der Waals surface area contributed by atoms with Crippen LogP contribution in [0.25, 0.3) is 0 Å². The molecular weight excluding hydrogens is 308 g/mol. The molecule has 1 aromatic rings. The number of amides is 2. The smallest absolute Gasteiger partial charge is 0.315 e. The summed E-state index contributed by atoms with van der Waals surface area (Å²) in [6, 6.07) is 2.03. The van der Waals surface area contributed by atoms with Crippen LogP contribution >= 0.6 is 11.3 Å². The standard InChI is InChI=1S/C18H26N2O2S/c1-22-16(15-2-3-23-11-15)10-19-17(21)20-18-7-12-4-13(8-18)6-14(5-12)9-18/h2-3,11-14,16H,4-10H2,1H3,(H2,19,20,21)/t12?,13?,14?,16-,18?/m0/s1. The van der Waals surface area contributed by atoms with E-state index >= 15 is 0 Å². The number of nitrogens with one attached hydrogen (secondary N) is 2. The van der Waals surface area contributed by atoms with Crippen molar-refractivity contribution in [1.29, 1.82) is 0 Å². The number of hydrogen-bond donors (Lipinski definition) is 2. The van der Waals surface area contributed by atoms with Gasteiger partial charge in [-0.05, 0) is 78.7 Å². The zero-order valence-corrected chi connectivity index (χ0v) is 14.5. The third-order valence-electron chi connectivity index (χ3n) is 6.06. The van der Waals surface area contributed by atoms with Crippen LogP contribution in [0.4, 0.5) is 4.79 Å². The van der Waals surface area contributed by atoms with Crippen molar-refractivity contribution in [3.8, 4) is 0 Å². The quantitative estimate of drug-likeness (QED) is 0.862. The molecule has 5 rings (SSSR count). The minimum atomic E-state index is -0.0663. The number of rotatable bonds is 5. The summed E-state index contributed by atoms with van der Waals surface area (Å²) in [5, 5.41) is 10.5. The molecule has 4 aliphatic rings. The Morgan fingerprint density at radius 1 is 1.30 bits per heavy atom. The van der Waals surface area contributed by atoms with Crippen LogP contribution in [0.5, 0.6) is 0 Å². The van der Waals surface area contributed by atoms with E-state index < -0.39 is 0 Å². The topological polar surface area (TPSA) is 50.4 Å². The molecule has 0 saturated heterocycles. The van der Waals surface area contributed by atoms with E-state index in [1.165, 1.54) is 38.5 Å². The van der Waals surface area contributed by atoms with Gasteiger partial charge in [0.25, 0.3) is 0 Å². The average molecular weight is 334 g/mol. The molecule has 4 fully saturated rings. The van der Waals surface area contributed by atoms with E-state index in [0.29, 0.717) is 6.54 Å². The number of hydrogen-bond acceptors (Lipinski definition) is 3. The molecule has 1 aromatic heterocycles. The first-order valence-corrected chi connectivity index (χ1v) is 9.71. The third kappa shape index (κ3) is 3.13. The molecule has 2 amide bonds. The molecule has 4 aliphatic carbocycles. The summed E-state index contributed by atoms with van der Waals surface area (Å²) in [5.41, 5.74) is 1.21. The summed E-state index contributed by atoms with van der Waals surface area (Å²) in [6.45, 7) is 0.519. The van der Waals surface area contributed by atoms with Crippen molar-refractivity contribution in [3.63, 3.8) is 0 Å². The van der Waals surface area contributed by atoms with Gasteiger partial charge < -0.3 is 15.4 Å². The van der Waals surface area contributed by atoms with Gasteiger partial charge in [0.1, 0.15) is 6.10 Å². The zero-order valence-electron chi connectivity index (χ0n) is 13.7. The number of carbonyl (C=O) groups is 1. The first-order chi connectivity index (χ1) is 11.2. The summed E-state index contributed by atoms with van der Waals surface area (Å²) < 4.78 is 5.50. The van der Waals surface area contributed by atoms with E-state index in [-0.39, 0.29) is 17.7 Å². The zero-order chi connectivity index (χ0) is 15.9. The summed E-state index contributed by atoms with van der Waals surface area (Å²) >= 11 is 1.65. The second-order valence-corrected chi connectivity index (χ2v) is 8.59. The maximum atomic E-state index is 12.4. The van der Waals surface area contributed by atoms with E-state index in [4.69, 9.17) is 4.74 Å². The maximum Gasteiger partial charge on any atom is 0.315 e. The molecule has 1 atom stereocenters. The molecule has 4 bridgehead atoms. The van der Waals surface area contributed by atoms with E-state index in [2.05, 4.69) is 22.1 Å². The average Bonchev–Trinajstić information content (AvgIpc) is 3.00. The number of thiophene rings is 1. The highest BCUT2D eigenvalue weighted by atomic mass is 32.1. The van der Waals surface area contributed by atoms with Gasteiger partial charge in [0.2, 0.25) is 0 Å². The van der Waals surface area contributed by atoms with Crippen molar-refractivity contribution in [2.45, 2.75) is 50.2 Å². The molecule has 0 spiro atoms. The van der Waals surface area contributed by atoms with Crippen LogP contribution < -0.4 is 10.6 Å². The lowest BCUT2D eigenvalue weighted by Crippen LogP contribution is -2.61. The fraction of sp³-hybridized carbons (Fsp3) is 0.722. The minimum absolute atomic E-state index is 0.0239. The van der Waals surface area contributed by atoms with E-state index in [1.807, 2.05) is 5.38 Å². The fourth-order valence-electron chi connectivity index (χ4n) is 5.53. The lowest BCUT2D eigenvalue weighted by molar-refractivity contribution is -0.0137. The molecule has 4 nitrogen and oxygen atoms in total. The monoisotopic (exact) mass is 334 g/mol. The van der Waals surface area contributed by atoms with Crippen molar-refractivity contribution in [2.75, 3.05) is 13.7 Å². The first kappa shape index (κ1) is 15.5. The molecule has 0 radical (unpaired) electrons. The van der Waals surface area contributed by atoms with E-state index in [0.717, 1.165) is 23.3 Å². The second kappa shape index (κ2) is 6.10. The summed E-state index contributed by atoms with van der Waals surface area (Å²) in [6.07, 6.45) is 7.68. The molecule has 126 valence electrons. The first-order valence-electron chi connectivity index (χ1n) is 8.77. The van der Waals surface area contributed by atoms with Crippen molar-refractivity contribution in [1.82, 2.24) is 10.6 Å². The number of carbonyl (C=O) groups excluding carboxylic acids is 1. The molecule has 0 aromatic carbocycles. The highest BCUT2D eigenvalue weighted by Gasteiger charge is 2.51. The Hall–Kier alpha value is -1.07. The molecule has 5 heteroatoms. The molecule has 1 heterocycles. The van der Waals surface area contributed by atoms with Crippen molar-refractivity contribution < 1.29 is 9.53 Å². The van der Waals surface area contributed by atoms with Crippen molar-refractivity contribution in [3.05, 3.63) is 22.4 Å². The Kier molecular flexibility index (Phi) is 4.10. The molecule has 23 heavy (non-hydrogen) atoms. The normalized spacial score (nSPS) is 36.0. The van der Waals surface area contributed by atoms with Crippen molar-refractivity contribution >= 4 is 17.4 Å². The van der Waals surface area contributed by atoms with Crippen molar-refractivity contribution in [2.24, 2.45) is 17.8 Å². The fourth-order valence-corrected chi connectivity index (χ4v) is 6.23. The van der Waals surface area contributed by atoms with Crippen LogP contribution in [-0.4, -0.2) is 25.2 Å². The molecule has 2 N–H and O–H groups in total. The van der Waals surface area contributed by atoms with E-state index in [1.54, 1.807) is 18.4 Å². The minimum Gasteiger partial charge on any atom is -0.375 e. The van der Waals surface area contributed by atoms with Crippen LogP contribution in [0.2, 0.25) is 0 Å². The van der Waals surface area contributed by atoms with Gasteiger partial charge in [0, 0.05) is 19.2 Å². The number of ether oxygens (including phenoxy) is 1. The predicted octanol–water partition coefficient (Wildman–Crippen LogP) is 3.70. The van der Waals surface area contributed by atoms with Crippen LogP contribution in [-0.2, 0) is 4.74 Å². The second-order valence-electron chi connectivity index (χ2n) is 7.81. The summed E-state index contributed by atoms with van der Waals surface area (Å²) in [5.74, 6) is 2.54. The predicted molar refractivity (Wildman–Crippen MR) is 91.5 cm³/mol. The van der Waals surface area contributed by atoms with Gasteiger partial charge >= 0.3 is 6.03 Å². The summed E-state index contributed by atoms with van der Waals surface area (Å²) in [7, 11) is 1.70. The van der Waals surface area contributed by atoms with Gasteiger partial charge in [-0.15, -0.1) is 0 Å². The van der Waals surface area contributed by atoms with Gasteiger partial charge in [-0.3, -0.25) is 0 Å². The third-order valence-corrected chi connectivity index (χ3v) is 6.77. The Balaban J connectivity index is 1.33. The van der Waals surface area contributed by atoms with E-state index in [9.17, 15) is 4.79 Å². The van der Waals surface area contributed by atoms with Crippen LogP contribution in [0, 0.1) is 17.8 Å². The van der Waals surface area contributed by atoms with Gasteiger partial charge in [-0.1, -0.05) is 0 Å².